The van der Waals surface area contributed by atoms with Crippen LogP contribution in [-0.2, 0) is 11.8 Å². The van der Waals surface area contributed by atoms with Crippen molar-refractivity contribution in [2.45, 2.75) is 24.9 Å². The Bertz CT molecular complexity index is 420. The van der Waals surface area contributed by atoms with Crippen LogP contribution in [0.3, 0.4) is 0 Å². The van der Waals surface area contributed by atoms with Crippen LogP contribution in [0, 0.1) is 10.1 Å². The highest BCUT2D eigenvalue weighted by Gasteiger charge is 2.37. The number of ether oxygens (including phenoxy) is 1. The molecule has 0 unspecified atom stereocenters. The van der Waals surface area contributed by atoms with Crippen LogP contribution in [0.1, 0.15) is 19.3 Å². The van der Waals surface area contributed by atoms with Crippen LogP contribution >= 0.6 is 0 Å². The van der Waals surface area contributed by atoms with Gasteiger partial charge >= 0.3 is 5.69 Å². The van der Waals surface area contributed by atoms with Crippen molar-refractivity contribution in [3.63, 3.8) is 0 Å². The van der Waals surface area contributed by atoms with Gasteiger partial charge in [-0.3, -0.25) is 14.8 Å². The van der Waals surface area contributed by atoms with Crippen molar-refractivity contribution in [1.82, 2.24) is 9.78 Å². The van der Waals surface area contributed by atoms with Gasteiger partial charge in [0.1, 0.15) is 6.20 Å². The molecule has 7 nitrogen and oxygen atoms in total. The van der Waals surface area contributed by atoms with E-state index in [0.717, 1.165) is 19.3 Å². The Hall–Kier alpha value is -1.63. The van der Waals surface area contributed by atoms with Crippen LogP contribution in [0.5, 0.6) is 0 Å². The average molecular weight is 240 g/mol. The van der Waals surface area contributed by atoms with Crippen molar-refractivity contribution in [3.8, 4) is 0 Å². The zero-order valence-corrected chi connectivity index (χ0v) is 9.97. The quantitative estimate of drug-likeness (QED) is 0.619. The first-order valence-corrected chi connectivity index (χ1v) is 5.53. The second-order valence-corrected chi connectivity index (χ2v) is 4.39. The summed E-state index contributed by atoms with van der Waals surface area (Å²) in [6, 6.07) is 0. The number of nitro groups is 1. The third-order valence-electron chi connectivity index (χ3n) is 3.28. The molecule has 1 heterocycles. The van der Waals surface area contributed by atoms with Crippen LogP contribution in [0.4, 0.5) is 11.5 Å². The van der Waals surface area contributed by atoms with Crippen LogP contribution in [0.15, 0.2) is 6.20 Å². The molecule has 0 aliphatic heterocycles. The fraction of sp³-hybridized carbons (Fsp3) is 0.700. The Balaban J connectivity index is 2.05. The van der Waals surface area contributed by atoms with E-state index < -0.39 is 4.92 Å². The molecule has 1 aliphatic carbocycles. The number of rotatable bonds is 5. The van der Waals surface area contributed by atoms with E-state index in [1.165, 1.54) is 10.9 Å². The van der Waals surface area contributed by atoms with Crippen molar-refractivity contribution in [3.05, 3.63) is 16.3 Å². The summed E-state index contributed by atoms with van der Waals surface area (Å²) >= 11 is 0. The summed E-state index contributed by atoms with van der Waals surface area (Å²) in [6.07, 6.45) is 4.50. The lowest BCUT2D eigenvalue weighted by Crippen LogP contribution is -2.45. The summed E-state index contributed by atoms with van der Waals surface area (Å²) in [5.41, 5.74) is -0.177. The minimum Gasteiger partial charge on any atom is -0.376 e. The molecule has 1 N–H and O–H groups in total. The highest BCUT2D eigenvalue weighted by molar-refractivity contribution is 5.54. The van der Waals surface area contributed by atoms with Crippen LogP contribution in [0.25, 0.3) is 0 Å². The van der Waals surface area contributed by atoms with E-state index in [1.54, 1.807) is 14.2 Å². The number of nitrogens with zero attached hydrogens (tertiary/aromatic N) is 3. The van der Waals surface area contributed by atoms with E-state index in [-0.39, 0.29) is 11.3 Å². The molecule has 0 atom stereocenters. The zero-order valence-electron chi connectivity index (χ0n) is 9.97. The van der Waals surface area contributed by atoms with Gasteiger partial charge in [-0.05, 0) is 19.3 Å². The molecule has 1 aromatic rings. The fourth-order valence-corrected chi connectivity index (χ4v) is 2.00. The predicted molar refractivity (Wildman–Crippen MR) is 61.9 cm³/mol. The number of methoxy groups -OCH3 is 1. The van der Waals surface area contributed by atoms with Gasteiger partial charge in [0.25, 0.3) is 0 Å². The van der Waals surface area contributed by atoms with E-state index in [0.29, 0.717) is 12.4 Å². The molecule has 0 radical (unpaired) electrons. The van der Waals surface area contributed by atoms with Gasteiger partial charge in [0, 0.05) is 20.7 Å². The maximum atomic E-state index is 10.8. The smallest absolute Gasteiger partial charge is 0.330 e. The molecule has 7 heteroatoms. The fourth-order valence-electron chi connectivity index (χ4n) is 2.00. The monoisotopic (exact) mass is 240 g/mol. The number of anilines is 1. The molecule has 0 aromatic carbocycles. The van der Waals surface area contributed by atoms with Gasteiger partial charge in [0.05, 0.1) is 10.5 Å². The van der Waals surface area contributed by atoms with E-state index in [2.05, 4.69) is 10.4 Å². The number of aromatic nitrogens is 2. The van der Waals surface area contributed by atoms with Gasteiger partial charge in [-0.1, -0.05) is 0 Å². The molecule has 94 valence electrons. The molecule has 1 aliphatic rings. The van der Waals surface area contributed by atoms with Gasteiger partial charge in [0.15, 0.2) is 0 Å². The first-order valence-electron chi connectivity index (χ1n) is 5.53. The Morgan fingerprint density at radius 3 is 2.88 bits per heavy atom. The summed E-state index contributed by atoms with van der Waals surface area (Å²) in [5, 5.41) is 17.8. The first kappa shape index (κ1) is 11.8. The Kier molecular flexibility index (Phi) is 3.01. The molecule has 1 fully saturated rings. The van der Waals surface area contributed by atoms with Crippen molar-refractivity contribution >= 4 is 11.5 Å². The second kappa shape index (κ2) is 4.33. The summed E-state index contributed by atoms with van der Waals surface area (Å²) < 4.78 is 6.87. The molecule has 1 aromatic heterocycles. The van der Waals surface area contributed by atoms with Gasteiger partial charge in [0.2, 0.25) is 5.82 Å². The first-order chi connectivity index (χ1) is 8.06. The van der Waals surface area contributed by atoms with E-state index in [4.69, 9.17) is 4.74 Å². The normalized spacial score (nSPS) is 17.5. The van der Waals surface area contributed by atoms with Crippen molar-refractivity contribution in [1.29, 1.82) is 0 Å². The predicted octanol–water partition coefficient (Wildman–Crippen LogP) is 1.31. The minimum atomic E-state index is -0.435. The molecule has 0 spiro atoms. The lowest BCUT2D eigenvalue weighted by atomic mass is 9.80. The van der Waals surface area contributed by atoms with Crippen LogP contribution in [-0.4, -0.2) is 34.0 Å². The van der Waals surface area contributed by atoms with Gasteiger partial charge < -0.3 is 10.1 Å². The maximum absolute atomic E-state index is 10.8. The van der Waals surface area contributed by atoms with E-state index >= 15 is 0 Å². The second-order valence-electron chi connectivity index (χ2n) is 4.39. The molecule has 0 saturated heterocycles. The zero-order chi connectivity index (χ0) is 12.5. The number of nitrogens with one attached hydrogen (secondary N) is 1. The molecule has 17 heavy (non-hydrogen) atoms. The topological polar surface area (TPSA) is 82.2 Å². The van der Waals surface area contributed by atoms with Crippen molar-refractivity contribution in [2.24, 2.45) is 7.05 Å². The highest BCUT2D eigenvalue weighted by Crippen LogP contribution is 2.35. The average Bonchev–Trinajstić information content (AvgIpc) is 2.59. The van der Waals surface area contributed by atoms with Gasteiger partial charge in [-0.15, -0.1) is 5.10 Å². The Morgan fingerprint density at radius 1 is 1.71 bits per heavy atom. The summed E-state index contributed by atoms with van der Waals surface area (Å²) in [7, 11) is 3.33. The maximum Gasteiger partial charge on any atom is 0.330 e. The van der Waals surface area contributed by atoms with E-state index in [1.807, 2.05) is 0 Å². The third-order valence-corrected chi connectivity index (χ3v) is 3.28. The van der Waals surface area contributed by atoms with Crippen molar-refractivity contribution < 1.29 is 9.66 Å². The third kappa shape index (κ3) is 2.23. The highest BCUT2D eigenvalue weighted by atomic mass is 16.6. The van der Waals surface area contributed by atoms with Gasteiger partial charge in [-0.25, -0.2) is 0 Å². The lowest BCUT2D eigenvalue weighted by molar-refractivity contribution is -0.384. The molecule has 1 saturated carbocycles. The van der Waals surface area contributed by atoms with Crippen molar-refractivity contribution in [2.75, 3.05) is 19.0 Å². The Morgan fingerprint density at radius 2 is 2.41 bits per heavy atom. The summed E-state index contributed by atoms with van der Waals surface area (Å²) in [4.78, 5) is 10.4. The Labute approximate surface area is 98.9 Å². The SMILES string of the molecule is COC1(CNc2nn(C)cc2[N+](=O)[O-])CCC1. The minimum absolute atomic E-state index is 0.00178. The number of aryl methyl sites for hydroxylation is 1. The van der Waals surface area contributed by atoms with Gasteiger partial charge in [-0.2, -0.15) is 0 Å². The molecular formula is C10H16N4O3. The molecular weight excluding hydrogens is 224 g/mol. The largest absolute Gasteiger partial charge is 0.376 e. The number of hydrogen-bond donors (Lipinski definition) is 1. The van der Waals surface area contributed by atoms with Crippen LogP contribution < -0.4 is 5.32 Å². The standard InChI is InChI=1S/C10H16N4O3/c1-13-6-8(14(15)16)9(12-13)11-7-10(17-2)4-3-5-10/h6H,3-5,7H2,1-2H3,(H,11,12). The molecule has 0 bridgehead atoms. The lowest BCUT2D eigenvalue weighted by Gasteiger charge is -2.40. The van der Waals surface area contributed by atoms with Crippen LogP contribution in [0.2, 0.25) is 0 Å². The molecule has 2 rings (SSSR count). The summed E-state index contributed by atoms with van der Waals surface area (Å²) in [5.74, 6) is 0.306. The molecule has 0 amide bonds. The summed E-state index contributed by atoms with van der Waals surface area (Å²) in [6.45, 7) is 0.557. The number of hydrogen-bond acceptors (Lipinski definition) is 5. The van der Waals surface area contributed by atoms with E-state index in [9.17, 15) is 10.1 Å².